The van der Waals surface area contributed by atoms with Crippen LogP contribution in [-0.2, 0) is 14.8 Å². The average Bonchev–Trinajstić information content (AvgIpc) is 2.45. The molecule has 0 bridgehead atoms. The molecule has 0 spiro atoms. The number of benzene rings is 1. The van der Waals surface area contributed by atoms with E-state index in [9.17, 15) is 18.0 Å². The molecule has 1 rings (SSSR count). The maximum Gasteiger partial charge on any atom is 0.429 e. The molecular weight excluding hydrogens is 346 g/mol. The second kappa shape index (κ2) is 7.73. The number of aryl methyl sites for hydroxylation is 1. The predicted octanol–water partition coefficient (Wildman–Crippen LogP) is 2.50. The van der Waals surface area contributed by atoms with E-state index in [1.54, 1.807) is 39.8 Å². The Labute approximate surface area is 148 Å². The molecule has 9 heteroatoms. The van der Waals surface area contributed by atoms with Crippen molar-refractivity contribution in [1.82, 2.24) is 14.7 Å². The molecule has 0 radical (unpaired) electrons. The number of urea groups is 1. The van der Waals surface area contributed by atoms with Crippen LogP contribution in [0.5, 0.6) is 0 Å². The first-order valence-electron chi connectivity index (χ1n) is 7.75. The first kappa shape index (κ1) is 20.8. The van der Waals surface area contributed by atoms with Gasteiger partial charge in [-0.2, -0.15) is 0 Å². The van der Waals surface area contributed by atoms with E-state index in [2.05, 4.69) is 0 Å². The van der Waals surface area contributed by atoms with E-state index in [1.807, 2.05) is 11.6 Å². The second-order valence-electron chi connectivity index (χ2n) is 6.44. The third-order valence-corrected chi connectivity index (χ3v) is 4.45. The molecule has 0 heterocycles. The smallest absolute Gasteiger partial charge is 0.429 e. The van der Waals surface area contributed by atoms with Crippen molar-refractivity contribution >= 4 is 22.1 Å². The highest BCUT2D eigenvalue weighted by atomic mass is 32.2. The van der Waals surface area contributed by atoms with Gasteiger partial charge < -0.3 is 4.74 Å². The summed E-state index contributed by atoms with van der Waals surface area (Å²) >= 11 is 0. The molecule has 0 fully saturated rings. The third-order valence-electron chi connectivity index (χ3n) is 3.11. The minimum absolute atomic E-state index is 0.0415. The Hall–Kier alpha value is -2.29. The van der Waals surface area contributed by atoms with Gasteiger partial charge in [-0.15, -0.1) is 0 Å². The molecular formula is C16H25N3O5S. The highest BCUT2D eigenvalue weighted by Gasteiger charge is 2.29. The fourth-order valence-corrected chi connectivity index (χ4v) is 2.82. The number of amides is 3. The topological polar surface area (TPSA) is 96.0 Å². The number of hydrogen-bond donors (Lipinski definition) is 1. The van der Waals surface area contributed by atoms with Crippen LogP contribution >= 0.6 is 0 Å². The lowest BCUT2D eigenvalue weighted by atomic mass is 10.2. The van der Waals surface area contributed by atoms with Crippen LogP contribution < -0.4 is 4.72 Å². The number of carbonyl (C=O) groups excluding carboxylic acids is 2. The van der Waals surface area contributed by atoms with Gasteiger partial charge in [0.05, 0.1) is 4.90 Å². The van der Waals surface area contributed by atoms with Gasteiger partial charge in [0.25, 0.3) is 10.0 Å². The van der Waals surface area contributed by atoms with Crippen LogP contribution in [0.1, 0.15) is 33.3 Å². The van der Waals surface area contributed by atoms with E-state index in [1.165, 1.54) is 19.2 Å². The highest BCUT2D eigenvalue weighted by Crippen LogP contribution is 2.13. The van der Waals surface area contributed by atoms with E-state index in [4.69, 9.17) is 4.74 Å². The Kier molecular flexibility index (Phi) is 6.42. The lowest BCUT2D eigenvalue weighted by Crippen LogP contribution is -2.53. The molecule has 0 atom stereocenters. The fourth-order valence-electron chi connectivity index (χ4n) is 1.85. The van der Waals surface area contributed by atoms with Gasteiger partial charge in [-0.05, 0) is 46.8 Å². The molecule has 0 aliphatic rings. The molecule has 0 saturated heterocycles. The van der Waals surface area contributed by atoms with Gasteiger partial charge in [0.1, 0.15) is 5.60 Å². The van der Waals surface area contributed by atoms with E-state index in [-0.39, 0.29) is 11.4 Å². The van der Waals surface area contributed by atoms with Gasteiger partial charge in [0.2, 0.25) is 0 Å². The normalized spacial score (nSPS) is 11.6. The molecule has 0 aliphatic carbocycles. The Morgan fingerprint density at radius 3 is 2.12 bits per heavy atom. The van der Waals surface area contributed by atoms with Crippen LogP contribution in [0.4, 0.5) is 9.59 Å². The van der Waals surface area contributed by atoms with Gasteiger partial charge >= 0.3 is 12.1 Å². The zero-order chi connectivity index (χ0) is 19.4. The molecule has 0 aliphatic heterocycles. The quantitative estimate of drug-likeness (QED) is 0.824. The van der Waals surface area contributed by atoms with Crippen molar-refractivity contribution in [2.75, 3.05) is 13.6 Å². The van der Waals surface area contributed by atoms with Crippen molar-refractivity contribution in [3.8, 4) is 0 Å². The van der Waals surface area contributed by atoms with Gasteiger partial charge in [-0.3, -0.25) is 0 Å². The monoisotopic (exact) mass is 371 g/mol. The Morgan fingerprint density at radius 2 is 1.68 bits per heavy atom. The van der Waals surface area contributed by atoms with E-state index < -0.39 is 27.7 Å². The summed E-state index contributed by atoms with van der Waals surface area (Å²) in [6.07, 6.45) is -0.750. The van der Waals surface area contributed by atoms with E-state index in [0.29, 0.717) is 0 Å². The number of carbonyl (C=O) groups is 2. The largest absolute Gasteiger partial charge is 0.442 e. The fraction of sp³-hybridized carbons (Fsp3) is 0.500. The van der Waals surface area contributed by atoms with Crippen molar-refractivity contribution in [3.63, 3.8) is 0 Å². The molecule has 0 saturated carbocycles. The highest BCUT2D eigenvalue weighted by molar-refractivity contribution is 7.90. The Bertz CT molecular complexity index is 723. The van der Waals surface area contributed by atoms with Gasteiger partial charge in [0, 0.05) is 13.6 Å². The van der Waals surface area contributed by atoms with Crippen LogP contribution in [0.25, 0.3) is 0 Å². The number of nitrogens with one attached hydrogen (secondary N) is 1. The van der Waals surface area contributed by atoms with Crippen molar-refractivity contribution in [2.24, 2.45) is 0 Å². The first-order valence-corrected chi connectivity index (χ1v) is 9.23. The van der Waals surface area contributed by atoms with Gasteiger partial charge in [-0.1, -0.05) is 17.7 Å². The molecule has 0 unspecified atom stereocenters. The summed E-state index contributed by atoms with van der Waals surface area (Å²) in [5.74, 6) is 0. The molecule has 3 amide bonds. The van der Waals surface area contributed by atoms with Crippen LogP contribution in [0, 0.1) is 6.92 Å². The van der Waals surface area contributed by atoms with Crippen molar-refractivity contribution in [2.45, 2.75) is 45.1 Å². The first-order chi connectivity index (χ1) is 11.4. The van der Waals surface area contributed by atoms with Gasteiger partial charge in [0.15, 0.2) is 0 Å². The lowest BCUT2D eigenvalue weighted by molar-refractivity contribution is -0.0191. The number of hydrogen-bond acceptors (Lipinski definition) is 5. The zero-order valence-corrected chi connectivity index (χ0v) is 16.2. The number of rotatable bonds is 3. The maximum absolute atomic E-state index is 12.3. The van der Waals surface area contributed by atoms with Crippen molar-refractivity contribution < 1.29 is 22.7 Å². The van der Waals surface area contributed by atoms with E-state index in [0.717, 1.165) is 15.6 Å². The Balaban J connectivity index is 2.90. The molecule has 1 N–H and O–H groups in total. The summed E-state index contributed by atoms with van der Waals surface area (Å²) in [6, 6.07) is 5.09. The van der Waals surface area contributed by atoms with Crippen LogP contribution in [-0.4, -0.2) is 49.8 Å². The van der Waals surface area contributed by atoms with Crippen molar-refractivity contribution in [1.29, 1.82) is 0 Å². The minimum atomic E-state index is -4.04. The maximum atomic E-state index is 12.3. The van der Waals surface area contributed by atoms with Gasteiger partial charge in [-0.25, -0.2) is 32.7 Å². The summed E-state index contributed by atoms with van der Waals surface area (Å²) < 4.78 is 31.7. The molecule has 0 aromatic heterocycles. The predicted molar refractivity (Wildman–Crippen MR) is 93.3 cm³/mol. The summed E-state index contributed by atoms with van der Waals surface area (Å²) in [6.45, 7) is 8.68. The number of ether oxygens (including phenoxy) is 1. The van der Waals surface area contributed by atoms with E-state index >= 15 is 0 Å². The third kappa shape index (κ3) is 5.93. The standard InChI is InChI=1S/C16H25N3O5S/c1-7-19(15(21)24-16(3,4)5)18(6)14(20)17-25(22,23)13-10-8-12(2)9-11-13/h8-11H,7H2,1-6H3,(H,17,20). The summed E-state index contributed by atoms with van der Waals surface area (Å²) in [7, 11) is -2.76. The number of nitrogens with zero attached hydrogens (tertiary/aromatic N) is 2. The van der Waals surface area contributed by atoms with Crippen LogP contribution in [0.15, 0.2) is 29.2 Å². The second-order valence-corrected chi connectivity index (χ2v) is 8.13. The number of sulfonamides is 1. The average molecular weight is 371 g/mol. The molecule has 8 nitrogen and oxygen atoms in total. The summed E-state index contributed by atoms with van der Waals surface area (Å²) in [5.41, 5.74) is 0.153. The Morgan fingerprint density at radius 1 is 1.16 bits per heavy atom. The van der Waals surface area contributed by atoms with Crippen LogP contribution in [0.3, 0.4) is 0 Å². The minimum Gasteiger partial charge on any atom is -0.442 e. The molecule has 140 valence electrons. The van der Waals surface area contributed by atoms with Crippen molar-refractivity contribution in [3.05, 3.63) is 29.8 Å². The molecule has 1 aromatic carbocycles. The van der Waals surface area contributed by atoms with Crippen LogP contribution in [0.2, 0.25) is 0 Å². The molecule has 1 aromatic rings. The number of hydrazine groups is 1. The lowest BCUT2D eigenvalue weighted by Gasteiger charge is -2.32. The zero-order valence-electron chi connectivity index (χ0n) is 15.4. The summed E-state index contributed by atoms with van der Waals surface area (Å²) in [5, 5.41) is 1.88. The summed E-state index contributed by atoms with van der Waals surface area (Å²) in [4.78, 5) is 24.4. The SMILES string of the molecule is CCN(C(=O)OC(C)(C)C)N(C)C(=O)NS(=O)(=O)c1ccc(C)cc1. The molecule has 25 heavy (non-hydrogen) atoms.